The second kappa shape index (κ2) is 7.93. The Balaban J connectivity index is 2.05. The van der Waals surface area contributed by atoms with Gasteiger partial charge in [-0.3, -0.25) is 4.79 Å². The molecule has 0 fully saturated rings. The van der Waals surface area contributed by atoms with Crippen molar-refractivity contribution in [3.8, 4) is 11.3 Å². The maximum atomic E-state index is 12.1. The van der Waals surface area contributed by atoms with E-state index in [0.29, 0.717) is 17.9 Å². The monoisotopic (exact) mass is 312 g/mol. The molecule has 6 nitrogen and oxygen atoms in total. The number of amides is 2. The van der Waals surface area contributed by atoms with Crippen molar-refractivity contribution < 1.29 is 4.79 Å². The third-order valence-corrected chi connectivity index (χ3v) is 3.34. The second-order valence-corrected chi connectivity index (χ2v) is 5.17. The predicted molar refractivity (Wildman–Crippen MR) is 91.4 cm³/mol. The molecule has 0 saturated carbocycles. The number of aromatic amines is 1. The molecule has 2 rings (SSSR count). The fourth-order valence-corrected chi connectivity index (χ4v) is 2.05. The van der Waals surface area contributed by atoms with Gasteiger partial charge in [-0.2, -0.15) is 5.10 Å². The van der Waals surface area contributed by atoms with Crippen molar-refractivity contribution >= 4 is 11.7 Å². The molecular formula is C17H20N4O2. The Kier molecular flexibility index (Phi) is 5.68. The third kappa shape index (κ3) is 4.81. The van der Waals surface area contributed by atoms with Crippen molar-refractivity contribution in [2.75, 3.05) is 18.9 Å². The van der Waals surface area contributed by atoms with Crippen LogP contribution in [0.4, 0.5) is 10.5 Å². The fraction of sp³-hybridized carbons (Fsp3) is 0.235. The summed E-state index contributed by atoms with van der Waals surface area (Å²) in [4.78, 5) is 24.8. The van der Waals surface area contributed by atoms with E-state index in [1.165, 1.54) is 6.07 Å². The summed E-state index contributed by atoms with van der Waals surface area (Å²) in [7, 11) is 1.76. The molecule has 0 saturated heterocycles. The van der Waals surface area contributed by atoms with E-state index < -0.39 is 0 Å². The lowest BCUT2D eigenvalue weighted by Crippen LogP contribution is -2.32. The van der Waals surface area contributed by atoms with Crippen molar-refractivity contribution in [1.29, 1.82) is 0 Å². The van der Waals surface area contributed by atoms with E-state index in [4.69, 9.17) is 0 Å². The van der Waals surface area contributed by atoms with E-state index in [9.17, 15) is 9.59 Å². The number of benzene rings is 1. The van der Waals surface area contributed by atoms with Crippen LogP contribution in [0.15, 0.2) is 53.8 Å². The van der Waals surface area contributed by atoms with Gasteiger partial charge in [-0.1, -0.05) is 18.2 Å². The number of carbonyl (C=O) groups excluding carboxylic acids is 1. The van der Waals surface area contributed by atoms with Crippen molar-refractivity contribution in [3.63, 3.8) is 0 Å². The van der Waals surface area contributed by atoms with Gasteiger partial charge in [0.15, 0.2) is 0 Å². The summed E-state index contributed by atoms with van der Waals surface area (Å²) < 4.78 is 0. The van der Waals surface area contributed by atoms with Crippen LogP contribution in [-0.4, -0.2) is 34.7 Å². The molecule has 2 N–H and O–H groups in total. The molecule has 2 aromatic rings. The molecule has 0 bridgehead atoms. The van der Waals surface area contributed by atoms with Gasteiger partial charge in [0.05, 0.1) is 5.69 Å². The normalized spacial score (nSPS) is 10.1. The summed E-state index contributed by atoms with van der Waals surface area (Å²) in [5, 5.41) is 9.23. The lowest BCUT2D eigenvalue weighted by atomic mass is 10.1. The van der Waals surface area contributed by atoms with Crippen LogP contribution in [-0.2, 0) is 0 Å². The Labute approximate surface area is 134 Å². The summed E-state index contributed by atoms with van der Waals surface area (Å²) in [5.41, 5.74) is 1.88. The van der Waals surface area contributed by atoms with E-state index in [0.717, 1.165) is 18.4 Å². The van der Waals surface area contributed by atoms with Crippen LogP contribution in [0.1, 0.15) is 12.8 Å². The molecule has 0 aliphatic heterocycles. The number of nitrogens with one attached hydrogen (secondary N) is 2. The van der Waals surface area contributed by atoms with E-state index in [-0.39, 0.29) is 11.6 Å². The van der Waals surface area contributed by atoms with Crippen LogP contribution >= 0.6 is 0 Å². The van der Waals surface area contributed by atoms with Crippen LogP contribution in [0, 0.1) is 0 Å². The molecule has 6 heteroatoms. The fourth-order valence-electron chi connectivity index (χ4n) is 2.05. The van der Waals surface area contributed by atoms with Gasteiger partial charge in [-0.15, -0.1) is 6.58 Å². The Morgan fingerprint density at radius 2 is 2.22 bits per heavy atom. The van der Waals surface area contributed by atoms with Crippen LogP contribution in [0.5, 0.6) is 0 Å². The zero-order valence-corrected chi connectivity index (χ0v) is 13.1. The Morgan fingerprint density at radius 3 is 2.91 bits per heavy atom. The first-order valence-corrected chi connectivity index (χ1v) is 7.39. The number of urea groups is 1. The van der Waals surface area contributed by atoms with Gasteiger partial charge >= 0.3 is 6.03 Å². The lowest BCUT2D eigenvalue weighted by Gasteiger charge is -2.17. The third-order valence-electron chi connectivity index (χ3n) is 3.34. The topological polar surface area (TPSA) is 78.1 Å². The highest BCUT2D eigenvalue weighted by Crippen LogP contribution is 2.19. The van der Waals surface area contributed by atoms with Gasteiger partial charge in [0.25, 0.3) is 5.56 Å². The molecule has 0 unspecified atom stereocenters. The number of aromatic nitrogens is 2. The summed E-state index contributed by atoms with van der Waals surface area (Å²) in [6.45, 7) is 4.33. The van der Waals surface area contributed by atoms with Gasteiger partial charge in [0.2, 0.25) is 0 Å². The predicted octanol–water partition coefficient (Wildman–Crippen LogP) is 2.87. The lowest BCUT2D eigenvalue weighted by molar-refractivity contribution is 0.222. The first kappa shape index (κ1) is 16.5. The summed E-state index contributed by atoms with van der Waals surface area (Å²) in [6, 6.07) is 10.2. The Bertz CT molecular complexity index is 719. The number of nitrogens with zero attached hydrogens (tertiary/aromatic N) is 2. The van der Waals surface area contributed by atoms with Gasteiger partial charge in [-0.25, -0.2) is 9.89 Å². The van der Waals surface area contributed by atoms with Gasteiger partial charge in [0.1, 0.15) is 0 Å². The van der Waals surface area contributed by atoms with Crippen LogP contribution in [0.3, 0.4) is 0 Å². The summed E-state index contributed by atoms with van der Waals surface area (Å²) >= 11 is 0. The number of hydrogen-bond donors (Lipinski definition) is 2. The molecule has 1 heterocycles. The molecule has 120 valence electrons. The molecule has 2 amide bonds. The van der Waals surface area contributed by atoms with Crippen molar-refractivity contribution in [1.82, 2.24) is 15.1 Å². The van der Waals surface area contributed by atoms with Gasteiger partial charge < -0.3 is 10.2 Å². The van der Waals surface area contributed by atoms with Gasteiger partial charge in [-0.05, 0) is 31.0 Å². The Hall–Kier alpha value is -2.89. The smallest absolute Gasteiger partial charge is 0.321 e. The molecular weight excluding hydrogens is 292 g/mol. The zero-order valence-electron chi connectivity index (χ0n) is 13.1. The number of unbranched alkanes of at least 4 members (excludes halogenated alkanes) is 1. The largest absolute Gasteiger partial charge is 0.328 e. The maximum absolute atomic E-state index is 12.1. The van der Waals surface area contributed by atoms with E-state index in [1.54, 1.807) is 18.0 Å². The quantitative estimate of drug-likeness (QED) is 0.636. The molecule has 1 aromatic carbocycles. The van der Waals surface area contributed by atoms with Crippen molar-refractivity contribution in [2.24, 2.45) is 0 Å². The van der Waals surface area contributed by atoms with E-state index in [1.807, 2.05) is 30.3 Å². The highest BCUT2D eigenvalue weighted by Gasteiger charge is 2.09. The van der Waals surface area contributed by atoms with E-state index in [2.05, 4.69) is 22.1 Å². The first-order valence-electron chi connectivity index (χ1n) is 7.39. The highest BCUT2D eigenvalue weighted by atomic mass is 16.2. The van der Waals surface area contributed by atoms with Crippen LogP contribution in [0.25, 0.3) is 11.3 Å². The molecule has 0 atom stereocenters. The maximum Gasteiger partial charge on any atom is 0.321 e. The highest BCUT2D eigenvalue weighted by molar-refractivity contribution is 5.89. The molecule has 0 aliphatic carbocycles. The molecule has 0 radical (unpaired) electrons. The second-order valence-electron chi connectivity index (χ2n) is 5.17. The van der Waals surface area contributed by atoms with Crippen LogP contribution in [0.2, 0.25) is 0 Å². The molecule has 0 spiro atoms. The minimum Gasteiger partial charge on any atom is -0.328 e. The number of hydrogen-bond acceptors (Lipinski definition) is 3. The first-order chi connectivity index (χ1) is 11.1. The average molecular weight is 312 g/mol. The SMILES string of the molecule is C=CCCCN(C)C(=O)Nc1cccc(-c2ccc(=O)[nH]n2)c1. The van der Waals surface area contributed by atoms with Crippen LogP contribution < -0.4 is 10.9 Å². The minimum absolute atomic E-state index is 0.166. The standard InChI is InChI=1S/C17H20N4O2/c1-3-4-5-11-21(2)17(23)18-14-8-6-7-13(12-14)15-9-10-16(22)20-19-15/h3,6-10,12H,1,4-5,11H2,2H3,(H,18,23)(H,20,22). The average Bonchev–Trinajstić information content (AvgIpc) is 2.56. The summed E-state index contributed by atoms with van der Waals surface area (Å²) in [5.74, 6) is 0. The number of H-pyrrole nitrogens is 1. The number of rotatable bonds is 6. The minimum atomic E-state index is -0.251. The number of allylic oxidation sites excluding steroid dienone is 1. The number of anilines is 1. The summed E-state index contributed by atoms with van der Waals surface area (Å²) in [6.07, 6.45) is 3.60. The molecule has 23 heavy (non-hydrogen) atoms. The van der Waals surface area contributed by atoms with Crippen molar-refractivity contribution in [3.05, 3.63) is 59.4 Å². The van der Waals surface area contributed by atoms with Gasteiger partial charge in [0, 0.05) is 30.9 Å². The van der Waals surface area contributed by atoms with Crippen molar-refractivity contribution in [2.45, 2.75) is 12.8 Å². The Morgan fingerprint density at radius 1 is 1.39 bits per heavy atom. The molecule has 1 aromatic heterocycles. The zero-order chi connectivity index (χ0) is 16.7. The van der Waals surface area contributed by atoms with E-state index >= 15 is 0 Å². The number of carbonyl (C=O) groups is 1. The molecule has 0 aliphatic rings.